The van der Waals surface area contributed by atoms with E-state index in [0.717, 1.165) is 50.8 Å². The van der Waals surface area contributed by atoms with Crippen LogP contribution in [-0.2, 0) is 16.0 Å². The highest BCUT2D eigenvalue weighted by Crippen LogP contribution is 2.26. The topological polar surface area (TPSA) is 108 Å². The fourth-order valence-corrected chi connectivity index (χ4v) is 4.25. The molecule has 0 saturated carbocycles. The number of carbonyl (C=O) groups excluding carboxylic acids is 2. The zero-order valence-electron chi connectivity index (χ0n) is 20.2. The van der Waals surface area contributed by atoms with Crippen molar-refractivity contribution >= 4 is 35.9 Å². The van der Waals surface area contributed by atoms with Gasteiger partial charge in [-0.05, 0) is 73.7 Å². The number of hydrogen-bond acceptors (Lipinski definition) is 4. The van der Waals surface area contributed by atoms with Gasteiger partial charge in [0.15, 0.2) is 0 Å². The van der Waals surface area contributed by atoms with Crippen molar-refractivity contribution in [3.8, 4) is 0 Å². The number of carbonyl (C=O) groups is 3. The molecule has 1 atom stereocenters. The molecule has 7 nitrogen and oxygen atoms in total. The van der Waals surface area contributed by atoms with Crippen LogP contribution >= 0.6 is 12.4 Å². The van der Waals surface area contributed by atoms with Crippen molar-refractivity contribution in [3.05, 3.63) is 65.2 Å². The maximum absolute atomic E-state index is 12.8. The van der Waals surface area contributed by atoms with Crippen LogP contribution in [0, 0.1) is 0 Å². The fourth-order valence-electron chi connectivity index (χ4n) is 4.25. The number of halogens is 1. The van der Waals surface area contributed by atoms with Gasteiger partial charge in [-0.1, -0.05) is 44.0 Å². The average molecular weight is 502 g/mol. The van der Waals surface area contributed by atoms with Gasteiger partial charge < -0.3 is 21.1 Å². The Bertz CT molecular complexity index is 975. The third-order valence-electron chi connectivity index (χ3n) is 6.25. The predicted octanol–water partition coefficient (Wildman–Crippen LogP) is 4.52. The van der Waals surface area contributed by atoms with Crippen molar-refractivity contribution in [1.29, 1.82) is 0 Å². The van der Waals surface area contributed by atoms with Crippen LogP contribution in [0.2, 0.25) is 0 Å². The van der Waals surface area contributed by atoms with Gasteiger partial charge in [-0.3, -0.25) is 9.59 Å². The molecular weight excluding hydrogens is 466 g/mol. The van der Waals surface area contributed by atoms with Crippen molar-refractivity contribution in [2.45, 2.75) is 63.8 Å². The minimum atomic E-state index is -1.06. The molecular formula is C27H36ClN3O4. The number of benzene rings is 2. The number of nitrogens with one attached hydrogen (secondary N) is 3. The van der Waals surface area contributed by atoms with Gasteiger partial charge in [0.25, 0.3) is 5.91 Å². The van der Waals surface area contributed by atoms with E-state index in [9.17, 15) is 19.5 Å². The molecule has 2 amide bonds. The number of aliphatic carboxylic acids is 1. The molecule has 4 N–H and O–H groups in total. The van der Waals surface area contributed by atoms with Gasteiger partial charge in [-0.25, -0.2) is 4.79 Å². The van der Waals surface area contributed by atoms with Crippen molar-refractivity contribution in [3.63, 3.8) is 0 Å². The first-order valence-corrected chi connectivity index (χ1v) is 12.2. The second kappa shape index (κ2) is 14.5. The van der Waals surface area contributed by atoms with Gasteiger partial charge in [0.2, 0.25) is 5.91 Å². The quantitative estimate of drug-likeness (QED) is 0.339. The second-order valence-corrected chi connectivity index (χ2v) is 8.92. The molecule has 2 aromatic rings. The van der Waals surface area contributed by atoms with Crippen molar-refractivity contribution < 1.29 is 19.5 Å². The molecule has 2 aromatic carbocycles. The number of rotatable bonds is 11. The number of piperidine rings is 1. The molecule has 35 heavy (non-hydrogen) atoms. The molecule has 1 saturated heterocycles. The van der Waals surface area contributed by atoms with E-state index in [1.165, 1.54) is 5.56 Å². The van der Waals surface area contributed by atoms with Crippen LogP contribution < -0.4 is 16.0 Å². The van der Waals surface area contributed by atoms with Crippen molar-refractivity contribution in [1.82, 2.24) is 10.6 Å². The maximum atomic E-state index is 12.8. The number of amides is 2. The van der Waals surface area contributed by atoms with Crippen molar-refractivity contribution in [2.75, 3.05) is 18.4 Å². The summed E-state index contributed by atoms with van der Waals surface area (Å²) >= 11 is 0. The molecule has 0 spiro atoms. The van der Waals surface area contributed by atoms with Crippen LogP contribution in [0.25, 0.3) is 0 Å². The molecule has 0 bridgehead atoms. The summed E-state index contributed by atoms with van der Waals surface area (Å²) in [6.07, 6.45) is 5.36. The monoisotopic (exact) mass is 501 g/mol. The first-order valence-electron chi connectivity index (χ1n) is 12.2. The van der Waals surface area contributed by atoms with Gasteiger partial charge in [0, 0.05) is 24.1 Å². The average Bonchev–Trinajstić information content (AvgIpc) is 2.85. The van der Waals surface area contributed by atoms with E-state index in [1.54, 1.807) is 24.3 Å². The van der Waals surface area contributed by atoms with E-state index < -0.39 is 12.0 Å². The summed E-state index contributed by atoms with van der Waals surface area (Å²) < 4.78 is 0. The SMILES string of the molecule is CCCCCC(=O)NC(Cc1ccc(NC(=O)c2cccc(C3CCNCC3)c2)cc1)C(=O)O.Cl. The Morgan fingerprint density at radius 1 is 1.06 bits per heavy atom. The van der Waals surface area contributed by atoms with Gasteiger partial charge >= 0.3 is 5.97 Å². The van der Waals surface area contributed by atoms with Crippen LogP contribution in [-0.4, -0.2) is 42.0 Å². The highest BCUT2D eigenvalue weighted by molar-refractivity contribution is 6.04. The number of unbranched alkanes of at least 4 members (excludes halogenated alkanes) is 2. The van der Waals surface area contributed by atoms with E-state index in [0.29, 0.717) is 23.6 Å². The minimum Gasteiger partial charge on any atom is -0.480 e. The number of carboxylic acid groups (broad SMARTS) is 1. The second-order valence-electron chi connectivity index (χ2n) is 8.92. The lowest BCUT2D eigenvalue weighted by atomic mass is 9.89. The third-order valence-corrected chi connectivity index (χ3v) is 6.25. The third kappa shape index (κ3) is 9.00. The van der Waals surface area contributed by atoms with E-state index in [2.05, 4.69) is 28.9 Å². The number of carboxylic acids is 1. The summed E-state index contributed by atoms with van der Waals surface area (Å²) in [7, 11) is 0. The molecule has 8 heteroatoms. The summed E-state index contributed by atoms with van der Waals surface area (Å²) in [5, 5.41) is 18.4. The summed E-state index contributed by atoms with van der Waals surface area (Å²) in [4.78, 5) is 36.4. The van der Waals surface area contributed by atoms with Crippen LogP contribution in [0.4, 0.5) is 5.69 Å². The number of hydrogen-bond donors (Lipinski definition) is 4. The first-order chi connectivity index (χ1) is 16.5. The van der Waals surface area contributed by atoms with E-state index in [4.69, 9.17) is 0 Å². The minimum absolute atomic E-state index is 0. The first kappa shape index (κ1) is 28.3. The Hall–Kier alpha value is -2.90. The summed E-state index contributed by atoms with van der Waals surface area (Å²) in [5.74, 6) is -1.000. The normalized spacial score (nSPS) is 14.4. The molecule has 190 valence electrons. The lowest BCUT2D eigenvalue weighted by Gasteiger charge is -2.23. The lowest BCUT2D eigenvalue weighted by Crippen LogP contribution is -2.42. The van der Waals surface area contributed by atoms with Crippen LogP contribution in [0.1, 0.15) is 72.9 Å². The molecule has 1 unspecified atom stereocenters. The largest absolute Gasteiger partial charge is 0.480 e. The molecule has 0 radical (unpaired) electrons. The zero-order valence-corrected chi connectivity index (χ0v) is 21.0. The van der Waals surface area contributed by atoms with Crippen LogP contribution in [0.3, 0.4) is 0 Å². The Labute approximate surface area is 213 Å². The van der Waals surface area contributed by atoms with E-state index >= 15 is 0 Å². The smallest absolute Gasteiger partial charge is 0.326 e. The zero-order chi connectivity index (χ0) is 24.3. The standard InChI is InChI=1S/C27H35N3O4.ClH/c1-2-3-4-8-25(31)30-24(27(33)34)17-19-9-11-23(12-10-19)29-26(32)22-7-5-6-21(18-22)20-13-15-28-16-14-20;/h5-7,9-12,18,20,24,28H,2-4,8,13-17H2,1H3,(H,29,32)(H,30,31)(H,33,34);1H. The van der Waals surface area contributed by atoms with E-state index in [1.807, 2.05) is 18.2 Å². The molecule has 0 aliphatic carbocycles. The predicted molar refractivity (Wildman–Crippen MR) is 140 cm³/mol. The Morgan fingerprint density at radius 3 is 2.43 bits per heavy atom. The Kier molecular flexibility index (Phi) is 11.7. The highest BCUT2D eigenvalue weighted by atomic mass is 35.5. The maximum Gasteiger partial charge on any atom is 0.326 e. The summed E-state index contributed by atoms with van der Waals surface area (Å²) in [5.41, 5.74) is 3.22. The summed E-state index contributed by atoms with van der Waals surface area (Å²) in [6, 6.07) is 13.9. The van der Waals surface area contributed by atoms with Gasteiger partial charge in [0.05, 0.1) is 0 Å². The lowest BCUT2D eigenvalue weighted by molar-refractivity contribution is -0.141. The van der Waals surface area contributed by atoms with Crippen LogP contribution in [0.15, 0.2) is 48.5 Å². The van der Waals surface area contributed by atoms with Gasteiger partial charge in [-0.15, -0.1) is 12.4 Å². The van der Waals surface area contributed by atoms with Crippen LogP contribution in [0.5, 0.6) is 0 Å². The molecule has 1 aliphatic heterocycles. The Balaban J connectivity index is 0.00000432. The highest BCUT2D eigenvalue weighted by Gasteiger charge is 2.20. The van der Waals surface area contributed by atoms with Crippen molar-refractivity contribution in [2.24, 2.45) is 0 Å². The Morgan fingerprint density at radius 2 is 1.77 bits per heavy atom. The molecule has 1 aliphatic rings. The van der Waals surface area contributed by atoms with Gasteiger partial charge in [0.1, 0.15) is 6.04 Å². The number of anilines is 1. The molecule has 1 fully saturated rings. The van der Waals surface area contributed by atoms with E-state index in [-0.39, 0.29) is 30.6 Å². The van der Waals surface area contributed by atoms with Gasteiger partial charge in [-0.2, -0.15) is 0 Å². The molecule has 0 aromatic heterocycles. The molecule has 1 heterocycles. The summed E-state index contributed by atoms with van der Waals surface area (Å²) in [6.45, 7) is 4.05. The molecule has 3 rings (SSSR count). The fraction of sp³-hybridized carbons (Fsp3) is 0.444.